The molecular weight excluding hydrogens is 210 g/mol. The number of aryl methyl sites for hydroxylation is 2. The fourth-order valence-corrected chi connectivity index (χ4v) is 3.13. The van der Waals surface area contributed by atoms with Crippen LogP contribution in [0, 0.1) is 25.2 Å². The molecular formula is C15H23NO. The fraction of sp³-hybridized carbons (Fsp3) is 0.733. The Labute approximate surface area is 104 Å². The van der Waals surface area contributed by atoms with Crippen LogP contribution in [0.25, 0.3) is 0 Å². The molecule has 2 nitrogen and oxygen atoms in total. The molecule has 1 unspecified atom stereocenters. The van der Waals surface area contributed by atoms with Crippen LogP contribution >= 0.6 is 0 Å². The van der Waals surface area contributed by atoms with Crippen LogP contribution in [0.3, 0.4) is 0 Å². The maximum Gasteiger partial charge on any atom is 0.105 e. The van der Waals surface area contributed by atoms with Crippen molar-refractivity contribution < 1.29 is 4.42 Å². The molecule has 1 atom stereocenters. The highest BCUT2D eigenvalue weighted by Crippen LogP contribution is 2.60. The Morgan fingerprint density at radius 1 is 1.41 bits per heavy atom. The molecule has 1 aromatic heterocycles. The Bertz CT molecular complexity index is 413. The van der Waals surface area contributed by atoms with Crippen LogP contribution in [-0.2, 0) is 0 Å². The fourth-order valence-electron chi connectivity index (χ4n) is 3.13. The molecule has 2 fully saturated rings. The van der Waals surface area contributed by atoms with Crippen molar-refractivity contribution in [1.82, 2.24) is 5.32 Å². The van der Waals surface area contributed by atoms with Gasteiger partial charge in [-0.1, -0.05) is 0 Å². The van der Waals surface area contributed by atoms with E-state index in [4.69, 9.17) is 4.42 Å². The van der Waals surface area contributed by atoms with Gasteiger partial charge >= 0.3 is 0 Å². The molecule has 94 valence electrons. The monoisotopic (exact) mass is 233 g/mol. The van der Waals surface area contributed by atoms with E-state index >= 15 is 0 Å². The van der Waals surface area contributed by atoms with Crippen LogP contribution in [0.1, 0.15) is 55.7 Å². The molecule has 0 saturated heterocycles. The van der Waals surface area contributed by atoms with E-state index in [1.54, 1.807) is 0 Å². The van der Waals surface area contributed by atoms with Gasteiger partial charge in [0.05, 0.1) is 0 Å². The van der Waals surface area contributed by atoms with Crippen LogP contribution in [0.5, 0.6) is 0 Å². The first-order valence-corrected chi connectivity index (χ1v) is 6.91. The largest absolute Gasteiger partial charge is 0.466 e. The molecule has 17 heavy (non-hydrogen) atoms. The van der Waals surface area contributed by atoms with Crippen molar-refractivity contribution in [3.8, 4) is 0 Å². The summed E-state index contributed by atoms with van der Waals surface area (Å²) < 4.78 is 5.60. The Balaban J connectivity index is 1.60. The topological polar surface area (TPSA) is 25.2 Å². The lowest BCUT2D eigenvalue weighted by Gasteiger charge is -2.19. The minimum Gasteiger partial charge on any atom is -0.466 e. The Morgan fingerprint density at radius 3 is 2.59 bits per heavy atom. The van der Waals surface area contributed by atoms with Gasteiger partial charge in [-0.25, -0.2) is 0 Å². The summed E-state index contributed by atoms with van der Waals surface area (Å²) in [5.41, 5.74) is 2.01. The predicted molar refractivity (Wildman–Crippen MR) is 69.0 cm³/mol. The van der Waals surface area contributed by atoms with E-state index in [1.165, 1.54) is 37.8 Å². The number of nitrogens with one attached hydrogen (secondary N) is 1. The van der Waals surface area contributed by atoms with E-state index in [1.807, 2.05) is 6.92 Å². The molecule has 0 aliphatic heterocycles. The Hall–Kier alpha value is -0.760. The maximum absolute atomic E-state index is 5.60. The van der Waals surface area contributed by atoms with Crippen LogP contribution in [0.2, 0.25) is 0 Å². The third-order valence-corrected chi connectivity index (χ3v) is 4.64. The molecule has 3 rings (SSSR count). The van der Waals surface area contributed by atoms with Gasteiger partial charge in [0.25, 0.3) is 0 Å². The second-order valence-corrected chi connectivity index (χ2v) is 6.11. The SMILES string of the molecule is Cc1cc(C(C)NCC2(C3CC3)CC2)c(C)o1. The van der Waals surface area contributed by atoms with Crippen LogP contribution in [0.4, 0.5) is 0 Å². The minimum absolute atomic E-state index is 0.420. The van der Waals surface area contributed by atoms with E-state index < -0.39 is 0 Å². The average Bonchev–Trinajstić information content (AvgIpc) is 3.13. The summed E-state index contributed by atoms with van der Waals surface area (Å²) in [6.07, 6.45) is 5.83. The molecule has 1 heterocycles. The lowest BCUT2D eigenvalue weighted by atomic mass is 9.99. The number of furan rings is 1. The number of hydrogen-bond acceptors (Lipinski definition) is 2. The van der Waals surface area contributed by atoms with Crippen molar-refractivity contribution in [3.05, 3.63) is 23.2 Å². The van der Waals surface area contributed by atoms with Gasteiger partial charge in [0, 0.05) is 18.2 Å². The van der Waals surface area contributed by atoms with Gasteiger partial charge < -0.3 is 9.73 Å². The van der Waals surface area contributed by atoms with Crippen molar-refractivity contribution in [2.24, 2.45) is 11.3 Å². The highest BCUT2D eigenvalue weighted by molar-refractivity contribution is 5.23. The maximum atomic E-state index is 5.60. The molecule has 1 N–H and O–H groups in total. The van der Waals surface area contributed by atoms with Crippen LogP contribution in [0.15, 0.2) is 10.5 Å². The smallest absolute Gasteiger partial charge is 0.105 e. The van der Waals surface area contributed by atoms with Crippen molar-refractivity contribution in [2.75, 3.05) is 6.54 Å². The van der Waals surface area contributed by atoms with Gasteiger partial charge in [0.1, 0.15) is 11.5 Å². The van der Waals surface area contributed by atoms with E-state index in [0.717, 1.165) is 17.4 Å². The first-order chi connectivity index (χ1) is 8.11. The normalized spacial score (nSPS) is 23.7. The Morgan fingerprint density at radius 2 is 2.12 bits per heavy atom. The van der Waals surface area contributed by atoms with E-state index in [-0.39, 0.29) is 0 Å². The summed E-state index contributed by atoms with van der Waals surface area (Å²) >= 11 is 0. The van der Waals surface area contributed by atoms with E-state index in [0.29, 0.717) is 11.5 Å². The zero-order chi connectivity index (χ0) is 12.0. The Kier molecular flexibility index (Phi) is 2.58. The molecule has 2 aliphatic carbocycles. The molecule has 0 bridgehead atoms. The summed E-state index contributed by atoms with van der Waals surface area (Å²) in [6.45, 7) is 7.53. The van der Waals surface area contributed by atoms with Crippen LogP contribution in [-0.4, -0.2) is 6.54 Å². The summed E-state index contributed by atoms with van der Waals surface area (Å²) in [6, 6.07) is 2.59. The van der Waals surface area contributed by atoms with Crippen molar-refractivity contribution in [3.63, 3.8) is 0 Å². The van der Waals surface area contributed by atoms with Crippen molar-refractivity contribution >= 4 is 0 Å². The zero-order valence-electron chi connectivity index (χ0n) is 11.2. The lowest BCUT2D eigenvalue weighted by Crippen LogP contribution is -2.28. The third kappa shape index (κ3) is 2.15. The van der Waals surface area contributed by atoms with Crippen molar-refractivity contribution in [1.29, 1.82) is 0 Å². The summed E-state index contributed by atoms with van der Waals surface area (Å²) in [7, 11) is 0. The van der Waals surface area contributed by atoms with Crippen molar-refractivity contribution in [2.45, 2.75) is 52.5 Å². The summed E-state index contributed by atoms with van der Waals surface area (Å²) in [5, 5.41) is 3.72. The van der Waals surface area contributed by atoms with Gasteiger partial charge in [-0.3, -0.25) is 0 Å². The summed E-state index contributed by atoms with van der Waals surface area (Å²) in [4.78, 5) is 0. The molecule has 0 aromatic carbocycles. The molecule has 0 amide bonds. The van der Waals surface area contributed by atoms with Gasteiger partial charge in [-0.05, 0) is 63.9 Å². The highest BCUT2D eigenvalue weighted by Gasteiger charge is 2.53. The molecule has 2 heteroatoms. The quantitative estimate of drug-likeness (QED) is 0.838. The molecule has 1 aromatic rings. The molecule has 0 spiro atoms. The first-order valence-electron chi connectivity index (χ1n) is 6.91. The number of rotatable bonds is 5. The number of hydrogen-bond donors (Lipinski definition) is 1. The molecule has 0 radical (unpaired) electrons. The average molecular weight is 233 g/mol. The second-order valence-electron chi connectivity index (χ2n) is 6.11. The van der Waals surface area contributed by atoms with Gasteiger partial charge in [-0.2, -0.15) is 0 Å². The predicted octanol–water partition coefficient (Wildman–Crippen LogP) is 3.74. The minimum atomic E-state index is 0.420. The van der Waals surface area contributed by atoms with E-state index in [2.05, 4.69) is 25.2 Å². The highest BCUT2D eigenvalue weighted by atomic mass is 16.3. The van der Waals surface area contributed by atoms with Gasteiger partial charge in [-0.15, -0.1) is 0 Å². The van der Waals surface area contributed by atoms with Gasteiger partial charge in [0.2, 0.25) is 0 Å². The standard InChI is InChI=1S/C15H23NO/c1-10-8-14(12(3)17-10)11(2)16-9-15(6-7-15)13-4-5-13/h8,11,13,16H,4-7,9H2,1-3H3. The van der Waals surface area contributed by atoms with Crippen LogP contribution < -0.4 is 5.32 Å². The lowest BCUT2D eigenvalue weighted by molar-refractivity contribution is 0.380. The molecule has 2 aliphatic rings. The van der Waals surface area contributed by atoms with E-state index in [9.17, 15) is 0 Å². The first kappa shape index (κ1) is 11.3. The third-order valence-electron chi connectivity index (χ3n) is 4.64. The zero-order valence-corrected chi connectivity index (χ0v) is 11.2. The molecule has 2 saturated carbocycles. The van der Waals surface area contributed by atoms with Gasteiger partial charge in [0.15, 0.2) is 0 Å². The second kappa shape index (κ2) is 3.88. The summed E-state index contributed by atoms with van der Waals surface area (Å²) in [5.74, 6) is 3.13.